The summed E-state index contributed by atoms with van der Waals surface area (Å²) in [6.45, 7) is 0. The molecule has 0 saturated carbocycles. The number of para-hydroxylation sites is 4. The Morgan fingerprint density at radius 3 is 1.10 bits per heavy atom. The number of thiophene rings is 2. The van der Waals surface area contributed by atoms with Crippen LogP contribution in [0.2, 0.25) is 0 Å². The second kappa shape index (κ2) is 27.1. The summed E-state index contributed by atoms with van der Waals surface area (Å²) in [5.41, 5.74) is 17.8. The minimum Gasteiger partial charge on any atom is -0.310 e. The van der Waals surface area contributed by atoms with Crippen LogP contribution in [0.3, 0.4) is 0 Å². The van der Waals surface area contributed by atoms with Crippen molar-refractivity contribution in [2.75, 3.05) is 19.6 Å². The predicted molar refractivity (Wildman–Crippen MR) is 447 cm³/mol. The van der Waals surface area contributed by atoms with E-state index in [0.717, 1.165) is 77.2 Å². The number of anilines is 12. The molecule has 0 radical (unpaired) electrons. The summed E-state index contributed by atoms with van der Waals surface area (Å²) in [4.78, 5) is 9.43. The van der Waals surface area contributed by atoms with E-state index in [-0.39, 0.29) is 0 Å². The van der Waals surface area contributed by atoms with Gasteiger partial charge in [-0.1, -0.05) is 250 Å². The van der Waals surface area contributed by atoms with Gasteiger partial charge in [0.25, 0.3) is 0 Å². The van der Waals surface area contributed by atoms with Gasteiger partial charge in [-0.2, -0.15) is 0 Å². The number of fused-ring (bicyclic) bond motifs is 6. The first-order chi connectivity index (χ1) is 50.4. The Morgan fingerprint density at radius 1 is 0.186 bits per heavy atom. The molecule has 4 nitrogen and oxygen atoms in total. The van der Waals surface area contributed by atoms with Gasteiger partial charge in [0.1, 0.15) is 0 Å². The lowest BCUT2D eigenvalue weighted by Crippen LogP contribution is -2.14. The van der Waals surface area contributed by atoms with Crippen LogP contribution in [0.4, 0.5) is 68.2 Å². The van der Waals surface area contributed by atoms with Crippen LogP contribution < -0.4 is 19.6 Å². The number of hydrogen-bond acceptors (Lipinski definition) is 6. The Morgan fingerprint density at radius 2 is 0.539 bits per heavy atom. The highest BCUT2D eigenvalue weighted by molar-refractivity contribution is 9.10. The van der Waals surface area contributed by atoms with E-state index >= 15 is 0 Å². The highest BCUT2D eigenvalue weighted by Gasteiger charge is 2.24. The fourth-order valence-electron chi connectivity index (χ4n) is 14.6. The Labute approximate surface area is 617 Å². The smallest absolute Gasteiger partial charge is 0.0540 e. The minimum atomic E-state index is 0.995. The molecule has 2 heterocycles. The van der Waals surface area contributed by atoms with E-state index in [0.29, 0.717) is 0 Å². The third kappa shape index (κ3) is 12.0. The molecule has 0 aliphatic heterocycles. The topological polar surface area (TPSA) is 13.0 Å². The van der Waals surface area contributed by atoms with E-state index in [1.54, 1.807) is 0 Å². The summed E-state index contributed by atoms with van der Waals surface area (Å²) in [5, 5.41) is 12.8. The van der Waals surface area contributed by atoms with Gasteiger partial charge >= 0.3 is 0 Å². The van der Waals surface area contributed by atoms with Gasteiger partial charge in [0, 0.05) is 117 Å². The van der Waals surface area contributed by atoms with E-state index in [1.807, 2.05) is 22.7 Å². The van der Waals surface area contributed by atoms with Gasteiger partial charge in [0.2, 0.25) is 0 Å². The van der Waals surface area contributed by atoms with Crippen molar-refractivity contribution < 1.29 is 0 Å². The standard InChI is InChI=1S/C52H33BrN2S.C42H29BrN2S/c53-39-30-43(54(41-18-10-15-38(29-41)34-11-3-1-4-12-34)42-25-28-50-47(33-42)45-19-7-8-20-49(45)56-50)32-44(31-39)55(40-16-5-2-6-17-40)48-27-24-37-22-21-35-13-9-14-36-23-26-46(48)52(37)51(35)36;43-32-27-37(44(33-12-4-1-5-13-33)34-14-6-2-7-15-34)29-38(28-32)45(35-16-8-3-9-17-35)36-23-20-30(21-24-36)31-22-25-42-40(26-31)39-18-10-11-19-41(39)46-42/h1-33H;1-29H. The first kappa shape index (κ1) is 62.6. The van der Waals surface area contributed by atoms with Crippen molar-refractivity contribution in [2.24, 2.45) is 0 Å². The number of benzene rings is 17. The zero-order chi connectivity index (χ0) is 68.0. The molecule has 0 fully saturated rings. The second-order valence-electron chi connectivity index (χ2n) is 25.5. The number of halogens is 2. The molecule has 0 aliphatic carbocycles. The lowest BCUT2D eigenvalue weighted by atomic mass is 9.93. The van der Waals surface area contributed by atoms with Gasteiger partial charge in [-0.05, 0) is 207 Å². The van der Waals surface area contributed by atoms with Crippen molar-refractivity contribution >= 4 is 195 Å². The molecule has 0 amide bonds. The summed E-state index contributed by atoms with van der Waals surface area (Å²) in [5.74, 6) is 0. The van der Waals surface area contributed by atoms with Gasteiger partial charge < -0.3 is 19.6 Å². The quantitative estimate of drug-likeness (QED) is 0.101. The van der Waals surface area contributed by atoms with E-state index < -0.39 is 0 Å². The highest BCUT2D eigenvalue weighted by atomic mass is 79.9. The third-order valence-electron chi connectivity index (χ3n) is 19.2. The molecule has 0 N–H and O–H groups in total. The number of hydrogen-bond donors (Lipinski definition) is 0. The highest BCUT2D eigenvalue weighted by Crippen LogP contribution is 2.49. The molecule has 17 aromatic carbocycles. The van der Waals surface area contributed by atoms with Crippen molar-refractivity contribution in [3.05, 3.63) is 385 Å². The van der Waals surface area contributed by atoms with Crippen LogP contribution in [0.5, 0.6) is 0 Å². The second-order valence-corrected chi connectivity index (χ2v) is 29.5. The van der Waals surface area contributed by atoms with E-state index in [4.69, 9.17) is 0 Å². The maximum atomic E-state index is 4.01. The zero-order valence-corrected chi connectivity index (χ0v) is 60.0. The van der Waals surface area contributed by atoms with Crippen LogP contribution in [-0.2, 0) is 0 Å². The molecule has 484 valence electrons. The van der Waals surface area contributed by atoms with Crippen LogP contribution >= 0.6 is 54.5 Å². The lowest BCUT2D eigenvalue weighted by molar-refractivity contribution is 1.24. The molecule has 0 atom stereocenters. The summed E-state index contributed by atoms with van der Waals surface area (Å²) >= 11 is 11.6. The molecular weight excluding hydrogens is 1410 g/mol. The molecule has 0 bridgehead atoms. The van der Waals surface area contributed by atoms with Crippen molar-refractivity contribution in [2.45, 2.75) is 0 Å². The Balaban J connectivity index is 0.000000149. The molecule has 19 rings (SSSR count). The van der Waals surface area contributed by atoms with Crippen LogP contribution in [0.1, 0.15) is 0 Å². The summed E-state index contributed by atoms with van der Waals surface area (Å²) in [7, 11) is 0. The van der Waals surface area contributed by atoms with Crippen molar-refractivity contribution in [1.29, 1.82) is 0 Å². The predicted octanol–water partition coefficient (Wildman–Crippen LogP) is 29.7. The molecule has 0 saturated heterocycles. The molecule has 8 heteroatoms. The van der Waals surface area contributed by atoms with Crippen molar-refractivity contribution in [1.82, 2.24) is 0 Å². The summed E-state index contributed by atoms with van der Waals surface area (Å²) in [6, 6.07) is 136. The number of nitrogens with zero attached hydrogens (tertiary/aromatic N) is 4. The van der Waals surface area contributed by atoms with Crippen molar-refractivity contribution in [3.8, 4) is 22.3 Å². The van der Waals surface area contributed by atoms with E-state index in [2.05, 4.69) is 428 Å². The van der Waals surface area contributed by atoms with E-state index in [9.17, 15) is 0 Å². The monoisotopic (exact) mass is 1470 g/mol. The van der Waals surface area contributed by atoms with Crippen LogP contribution in [0.15, 0.2) is 385 Å². The van der Waals surface area contributed by atoms with Crippen LogP contribution in [0.25, 0.3) is 94.9 Å². The molecule has 0 aliphatic rings. The molecule has 2 aromatic heterocycles. The molecule has 0 unspecified atom stereocenters. The van der Waals surface area contributed by atoms with Gasteiger partial charge in [0.05, 0.1) is 5.69 Å². The Bertz CT molecular complexity index is 6190. The molecule has 102 heavy (non-hydrogen) atoms. The first-order valence-electron chi connectivity index (χ1n) is 34.1. The SMILES string of the molecule is Brc1cc(N(c2cccc(-c3ccccc3)c2)c2ccc3sc4ccccc4c3c2)cc(N(c2ccccc2)c2ccc3ccc4cccc5ccc2c3c45)c1.Brc1cc(N(c2ccccc2)c2ccccc2)cc(N(c2ccccc2)c2ccc(-c3ccc4sc5ccccc5c4c3)cc2)c1. The Hall–Kier alpha value is -11.6. The normalized spacial score (nSPS) is 11.4. The van der Waals surface area contributed by atoms with Gasteiger partial charge in [-0.15, -0.1) is 22.7 Å². The largest absolute Gasteiger partial charge is 0.310 e. The average Bonchev–Trinajstić information content (AvgIpc) is 0.935. The summed E-state index contributed by atoms with van der Waals surface area (Å²) in [6.07, 6.45) is 0. The fraction of sp³-hybridized carbons (Fsp3) is 0. The Kier molecular flexibility index (Phi) is 16.7. The fourth-order valence-corrected chi connectivity index (χ4v) is 17.8. The van der Waals surface area contributed by atoms with Gasteiger partial charge in [-0.25, -0.2) is 0 Å². The van der Waals surface area contributed by atoms with Gasteiger partial charge in [0.15, 0.2) is 0 Å². The molecule has 0 spiro atoms. The van der Waals surface area contributed by atoms with E-state index in [1.165, 1.54) is 94.9 Å². The minimum absolute atomic E-state index is 0.995. The van der Waals surface area contributed by atoms with Crippen LogP contribution in [0, 0.1) is 0 Å². The summed E-state index contributed by atoms with van der Waals surface area (Å²) < 4.78 is 7.24. The van der Waals surface area contributed by atoms with Crippen molar-refractivity contribution in [3.63, 3.8) is 0 Å². The maximum Gasteiger partial charge on any atom is 0.0540 e. The average molecular weight is 1470 g/mol. The zero-order valence-electron chi connectivity index (χ0n) is 55.2. The molecular formula is C94H62Br2N4S2. The first-order valence-corrected chi connectivity index (χ1v) is 37.4. The third-order valence-corrected chi connectivity index (χ3v) is 22.5. The van der Waals surface area contributed by atoms with Gasteiger partial charge in [-0.3, -0.25) is 0 Å². The lowest BCUT2D eigenvalue weighted by Gasteiger charge is -2.31. The maximum absolute atomic E-state index is 4.01. The number of rotatable bonds is 14. The molecule has 19 aromatic rings. The van der Waals surface area contributed by atoms with Crippen LogP contribution in [-0.4, -0.2) is 0 Å².